The van der Waals surface area contributed by atoms with Crippen LogP contribution in [0.4, 0.5) is 5.69 Å². The highest BCUT2D eigenvalue weighted by molar-refractivity contribution is 6.04. The third-order valence-corrected chi connectivity index (χ3v) is 4.00. The summed E-state index contributed by atoms with van der Waals surface area (Å²) in [5.41, 5.74) is 4.59. The molecule has 3 rings (SSSR count). The van der Waals surface area contributed by atoms with Gasteiger partial charge in [-0.15, -0.1) is 0 Å². The summed E-state index contributed by atoms with van der Waals surface area (Å²) in [6.45, 7) is 4.72. The van der Waals surface area contributed by atoms with E-state index in [0.717, 1.165) is 28.4 Å². The number of aryl methyl sites for hydroxylation is 2. The van der Waals surface area contributed by atoms with Gasteiger partial charge in [0, 0.05) is 16.9 Å². The smallest absolute Gasteiger partial charge is 0.255 e. The molecule has 128 valence electrons. The van der Waals surface area contributed by atoms with Crippen molar-refractivity contribution in [3.63, 3.8) is 0 Å². The maximum absolute atomic E-state index is 12.3. The second kappa shape index (κ2) is 7.21. The number of amides is 1. The van der Waals surface area contributed by atoms with E-state index in [2.05, 4.69) is 16.5 Å². The summed E-state index contributed by atoms with van der Waals surface area (Å²) in [4.78, 5) is 12.3. The fourth-order valence-electron chi connectivity index (χ4n) is 2.65. The van der Waals surface area contributed by atoms with Crippen LogP contribution in [0.3, 0.4) is 0 Å². The van der Waals surface area contributed by atoms with Gasteiger partial charge < -0.3 is 10.1 Å². The minimum atomic E-state index is -0.136. The summed E-state index contributed by atoms with van der Waals surface area (Å²) >= 11 is 0. The van der Waals surface area contributed by atoms with Crippen molar-refractivity contribution in [2.45, 2.75) is 20.4 Å². The molecule has 0 saturated carbocycles. The van der Waals surface area contributed by atoms with E-state index in [1.165, 1.54) is 0 Å². The number of ether oxygens (including phenoxy) is 1. The summed E-state index contributed by atoms with van der Waals surface area (Å²) in [6.07, 6.45) is 0. The lowest BCUT2D eigenvalue weighted by Crippen LogP contribution is -2.12. The molecular weight excluding hydrogens is 314 g/mol. The number of hydrogen-bond acceptors (Lipinski definition) is 3. The average molecular weight is 335 g/mol. The number of carbonyl (C=O) groups is 1. The lowest BCUT2D eigenvalue weighted by Gasteiger charge is -2.08. The van der Waals surface area contributed by atoms with Crippen LogP contribution in [0.1, 0.15) is 27.3 Å². The van der Waals surface area contributed by atoms with Crippen LogP contribution in [-0.4, -0.2) is 22.8 Å². The van der Waals surface area contributed by atoms with Gasteiger partial charge in [0.1, 0.15) is 5.75 Å². The third kappa shape index (κ3) is 4.07. The first-order valence-corrected chi connectivity index (χ1v) is 8.10. The zero-order valence-electron chi connectivity index (χ0n) is 14.6. The molecule has 1 heterocycles. The molecule has 1 amide bonds. The second-order valence-electron chi connectivity index (χ2n) is 5.96. The Morgan fingerprint density at radius 1 is 1.08 bits per heavy atom. The summed E-state index contributed by atoms with van der Waals surface area (Å²) in [7, 11) is 1.61. The van der Waals surface area contributed by atoms with Crippen molar-refractivity contribution in [3.05, 3.63) is 77.1 Å². The minimum Gasteiger partial charge on any atom is -0.497 e. The monoisotopic (exact) mass is 335 g/mol. The summed E-state index contributed by atoms with van der Waals surface area (Å²) < 4.78 is 7.07. The lowest BCUT2D eigenvalue weighted by atomic mass is 10.1. The molecule has 3 aromatic rings. The van der Waals surface area contributed by atoms with E-state index in [-0.39, 0.29) is 5.91 Å². The van der Waals surface area contributed by atoms with Gasteiger partial charge in [0.05, 0.1) is 19.3 Å². The van der Waals surface area contributed by atoms with Gasteiger partial charge in [-0.05, 0) is 61.9 Å². The zero-order chi connectivity index (χ0) is 17.8. The maximum Gasteiger partial charge on any atom is 0.255 e. The van der Waals surface area contributed by atoms with Crippen molar-refractivity contribution in [2.24, 2.45) is 0 Å². The second-order valence-corrected chi connectivity index (χ2v) is 5.96. The molecule has 0 saturated heterocycles. The molecule has 0 unspecified atom stereocenters. The predicted octanol–water partition coefficient (Wildman–Crippen LogP) is 3.81. The van der Waals surface area contributed by atoms with Crippen molar-refractivity contribution in [1.82, 2.24) is 9.78 Å². The predicted molar refractivity (Wildman–Crippen MR) is 98.2 cm³/mol. The van der Waals surface area contributed by atoms with Gasteiger partial charge in [0.25, 0.3) is 5.91 Å². The zero-order valence-corrected chi connectivity index (χ0v) is 14.6. The van der Waals surface area contributed by atoms with Crippen molar-refractivity contribution >= 4 is 11.6 Å². The van der Waals surface area contributed by atoms with Gasteiger partial charge in [0.15, 0.2) is 0 Å². The Balaban J connectivity index is 1.66. The van der Waals surface area contributed by atoms with E-state index in [0.29, 0.717) is 12.1 Å². The number of carbonyl (C=O) groups excluding carboxylic acids is 1. The van der Waals surface area contributed by atoms with E-state index < -0.39 is 0 Å². The highest BCUT2D eigenvalue weighted by Crippen LogP contribution is 2.16. The largest absolute Gasteiger partial charge is 0.497 e. The average Bonchev–Trinajstić information content (AvgIpc) is 2.93. The van der Waals surface area contributed by atoms with Gasteiger partial charge in [-0.3, -0.25) is 9.48 Å². The first kappa shape index (κ1) is 16.8. The van der Waals surface area contributed by atoms with Crippen LogP contribution < -0.4 is 10.1 Å². The fourth-order valence-corrected chi connectivity index (χ4v) is 2.65. The van der Waals surface area contributed by atoms with Gasteiger partial charge in [0.2, 0.25) is 0 Å². The number of aromatic nitrogens is 2. The van der Waals surface area contributed by atoms with Crippen LogP contribution >= 0.6 is 0 Å². The van der Waals surface area contributed by atoms with Crippen LogP contribution in [0.25, 0.3) is 0 Å². The molecule has 0 atom stereocenters. The molecule has 0 aliphatic heterocycles. The molecule has 0 aliphatic rings. The first-order valence-electron chi connectivity index (χ1n) is 8.10. The summed E-state index contributed by atoms with van der Waals surface area (Å²) in [5, 5.41) is 7.34. The highest BCUT2D eigenvalue weighted by atomic mass is 16.5. The molecule has 0 spiro atoms. The molecule has 0 radical (unpaired) electrons. The number of nitrogens with one attached hydrogen (secondary N) is 1. The van der Waals surface area contributed by atoms with Crippen molar-refractivity contribution < 1.29 is 9.53 Å². The van der Waals surface area contributed by atoms with Crippen molar-refractivity contribution in [2.75, 3.05) is 12.4 Å². The molecular formula is C20H21N3O2. The van der Waals surface area contributed by atoms with Gasteiger partial charge >= 0.3 is 0 Å². The van der Waals surface area contributed by atoms with Gasteiger partial charge in [-0.25, -0.2) is 0 Å². The molecule has 0 aliphatic carbocycles. The number of methoxy groups -OCH3 is 1. The number of hydrogen-bond donors (Lipinski definition) is 1. The number of nitrogens with zero attached hydrogens (tertiary/aromatic N) is 2. The molecule has 0 fully saturated rings. The van der Waals surface area contributed by atoms with Crippen LogP contribution in [-0.2, 0) is 6.54 Å². The molecule has 0 bridgehead atoms. The van der Waals surface area contributed by atoms with E-state index in [1.54, 1.807) is 7.11 Å². The van der Waals surface area contributed by atoms with Crippen LogP contribution in [0, 0.1) is 13.8 Å². The van der Waals surface area contributed by atoms with Crippen LogP contribution in [0.5, 0.6) is 5.75 Å². The molecule has 1 aromatic heterocycles. The Kier molecular flexibility index (Phi) is 4.84. The Morgan fingerprint density at radius 2 is 1.76 bits per heavy atom. The Labute approximate surface area is 147 Å². The topological polar surface area (TPSA) is 56.1 Å². The van der Waals surface area contributed by atoms with Crippen molar-refractivity contribution in [1.29, 1.82) is 0 Å². The number of rotatable bonds is 5. The molecule has 1 N–H and O–H groups in total. The Bertz CT molecular complexity index is 865. The minimum absolute atomic E-state index is 0.136. The fraction of sp³-hybridized carbons (Fsp3) is 0.200. The SMILES string of the molecule is COc1ccc(NC(=O)c2ccc(Cn3nc(C)cc3C)cc2)cc1. The van der Waals surface area contributed by atoms with E-state index in [1.807, 2.05) is 67.1 Å². The molecule has 2 aromatic carbocycles. The number of benzene rings is 2. The Hall–Kier alpha value is -3.08. The molecule has 5 heteroatoms. The lowest BCUT2D eigenvalue weighted by molar-refractivity contribution is 0.102. The van der Waals surface area contributed by atoms with Crippen molar-refractivity contribution in [3.8, 4) is 5.75 Å². The van der Waals surface area contributed by atoms with Gasteiger partial charge in [-0.1, -0.05) is 12.1 Å². The molecule has 5 nitrogen and oxygen atoms in total. The maximum atomic E-state index is 12.3. The van der Waals surface area contributed by atoms with E-state index >= 15 is 0 Å². The van der Waals surface area contributed by atoms with Gasteiger partial charge in [-0.2, -0.15) is 5.10 Å². The quantitative estimate of drug-likeness (QED) is 0.771. The molecule has 25 heavy (non-hydrogen) atoms. The Morgan fingerprint density at radius 3 is 2.32 bits per heavy atom. The number of anilines is 1. The third-order valence-electron chi connectivity index (χ3n) is 4.00. The first-order chi connectivity index (χ1) is 12.0. The summed E-state index contributed by atoms with van der Waals surface area (Å²) in [5.74, 6) is 0.620. The highest BCUT2D eigenvalue weighted by Gasteiger charge is 2.07. The van der Waals surface area contributed by atoms with E-state index in [4.69, 9.17) is 4.74 Å². The normalized spacial score (nSPS) is 10.5. The van der Waals surface area contributed by atoms with E-state index in [9.17, 15) is 4.79 Å². The standard InChI is InChI=1S/C20H21N3O2/c1-14-12-15(2)23(22-14)13-16-4-6-17(7-5-16)20(24)21-18-8-10-19(25-3)11-9-18/h4-12H,13H2,1-3H3,(H,21,24). The van der Waals surface area contributed by atoms with Crippen LogP contribution in [0.2, 0.25) is 0 Å². The summed E-state index contributed by atoms with van der Waals surface area (Å²) in [6, 6.07) is 16.9. The van der Waals surface area contributed by atoms with Crippen LogP contribution in [0.15, 0.2) is 54.6 Å².